The fourth-order valence-electron chi connectivity index (χ4n) is 3.95. The molecule has 0 unspecified atom stereocenters. The lowest BCUT2D eigenvalue weighted by molar-refractivity contribution is 0.253. The summed E-state index contributed by atoms with van der Waals surface area (Å²) in [4.78, 5) is 3.62. The van der Waals surface area contributed by atoms with Crippen molar-refractivity contribution in [2.75, 3.05) is 6.54 Å². The highest BCUT2D eigenvalue weighted by atomic mass is 14.7. The predicted octanol–water partition coefficient (Wildman–Crippen LogP) is 3.43. The molecule has 2 aliphatic rings. The summed E-state index contributed by atoms with van der Waals surface area (Å²) in [6.07, 6.45) is 9.01. The molecule has 0 radical (unpaired) electrons. The highest BCUT2D eigenvalue weighted by Gasteiger charge is 2.37. The first kappa shape index (κ1) is 11.5. The molecule has 0 bridgehead atoms. The molecule has 0 spiro atoms. The van der Waals surface area contributed by atoms with Crippen LogP contribution in [0.4, 0.5) is 0 Å². The van der Waals surface area contributed by atoms with Crippen LogP contribution in [0.2, 0.25) is 0 Å². The van der Waals surface area contributed by atoms with Gasteiger partial charge < -0.3 is 10.7 Å². The summed E-state index contributed by atoms with van der Waals surface area (Å²) < 4.78 is 0. The number of hydrogen-bond donors (Lipinski definition) is 2. The Hall–Kier alpha value is -1.28. The van der Waals surface area contributed by atoms with Gasteiger partial charge in [0, 0.05) is 28.6 Å². The van der Waals surface area contributed by atoms with Crippen molar-refractivity contribution in [3.63, 3.8) is 0 Å². The van der Waals surface area contributed by atoms with Crippen molar-refractivity contribution in [2.24, 2.45) is 5.73 Å². The summed E-state index contributed by atoms with van der Waals surface area (Å²) in [5.41, 5.74) is 12.2. The van der Waals surface area contributed by atoms with Crippen LogP contribution in [0.1, 0.15) is 48.9 Å². The van der Waals surface area contributed by atoms with Crippen LogP contribution in [0.5, 0.6) is 0 Å². The zero-order chi connectivity index (χ0) is 12.9. The monoisotopic (exact) mass is 254 g/mol. The fourth-order valence-corrected chi connectivity index (χ4v) is 3.95. The average Bonchev–Trinajstić information content (AvgIpc) is 2.76. The smallest absolute Gasteiger partial charge is 0.0459 e. The number of benzene rings is 1. The van der Waals surface area contributed by atoms with Crippen molar-refractivity contribution < 1.29 is 0 Å². The SMILES string of the molecule is NCC1(c2ccc3[nH]c4c(c3c2)CCCC4)CCC1. The van der Waals surface area contributed by atoms with Gasteiger partial charge in [0.1, 0.15) is 0 Å². The van der Waals surface area contributed by atoms with Crippen LogP contribution in [0, 0.1) is 0 Å². The van der Waals surface area contributed by atoms with E-state index in [4.69, 9.17) is 5.73 Å². The number of aromatic nitrogens is 1. The Bertz CT molecular complexity index is 614. The van der Waals surface area contributed by atoms with E-state index in [0.29, 0.717) is 0 Å². The number of nitrogens with two attached hydrogens (primary N) is 1. The summed E-state index contributed by atoms with van der Waals surface area (Å²) in [6.45, 7) is 0.797. The van der Waals surface area contributed by atoms with Crippen LogP contribution in [0.25, 0.3) is 10.9 Å². The van der Waals surface area contributed by atoms with E-state index in [2.05, 4.69) is 23.2 Å². The molecule has 1 aromatic carbocycles. The highest BCUT2D eigenvalue weighted by molar-refractivity contribution is 5.86. The Labute approximate surface area is 114 Å². The van der Waals surface area contributed by atoms with Gasteiger partial charge in [-0.15, -0.1) is 0 Å². The first-order valence-electron chi connectivity index (χ1n) is 7.66. The second kappa shape index (κ2) is 4.11. The van der Waals surface area contributed by atoms with Crippen LogP contribution in [-0.2, 0) is 18.3 Å². The van der Waals surface area contributed by atoms with Gasteiger partial charge in [0.15, 0.2) is 0 Å². The van der Waals surface area contributed by atoms with Gasteiger partial charge >= 0.3 is 0 Å². The molecule has 1 fully saturated rings. The largest absolute Gasteiger partial charge is 0.358 e. The van der Waals surface area contributed by atoms with E-state index in [0.717, 1.165) is 6.54 Å². The molecule has 2 heteroatoms. The minimum atomic E-state index is 0.285. The maximum Gasteiger partial charge on any atom is 0.0459 e. The van der Waals surface area contributed by atoms with E-state index in [-0.39, 0.29) is 5.41 Å². The second-order valence-corrected chi connectivity index (χ2v) is 6.39. The van der Waals surface area contributed by atoms with Crippen LogP contribution < -0.4 is 5.73 Å². The van der Waals surface area contributed by atoms with Crippen molar-refractivity contribution >= 4 is 10.9 Å². The van der Waals surface area contributed by atoms with Crippen LogP contribution in [-0.4, -0.2) is 11.5 Å². The molecule has 2 aliphatic carbocycles. The fraction of sp³-hybridized carbons (Fsp3) is 0.529. The molecule has 2 aromatic rings. The molecule has 3 N–H and O–H groups in total. The predicted molar refractivity (Wildman–Crippen MR) is 79.5 cm³/mol. The molecule has 0 saturated heterocycles. The van der Waals surface area contributed by atoms with Crippen LogP contribution >= 0.6 is 0 Å². The lowest BCUT2D eigenvalue weighted by Gasteiger charge is -2.41. The Balaban J connectivity index is 1.86. The van der Waals surface area contributed by atoms with Gasteiger partial charge in [-0.05, 0) is 61.8 Å². The summed E-state index contributed by atoms with van der Waals surface area (Å²) in [6, 6.07) is 7.01. The number of rotatable bonds is 2. The first-order valence-corrected chi connectivity index (χ1v) is 7.66. The normalized spacial score (nSPS) is 21.1. The van der Waals surface area contributed by atoms with Crippen LogP contribution in [0.3, 0.4) is 0 Å². The van der Waals surface area contributed by atoms with Gasteiger partial charge in [-0.2, -0.15) is 0 Å². The lowest BCUT2D eigenvalue weighted by atomic mass is 9.64. The van der Waals surface area contributed by atoms with Crippen molar-refractivity contribution in [1.82, 2.24) is 4.98 Å². The quantitative estimate of drug-likeness (QED) is 0.847. The number of aryl methyl sites for hydroxylation is 2. The lowest BCUT2D eigenvalue weighted by Crippen LogP contribution is -2.41. The molecule has 19 heavy (non-hydrogen) atoms. The Morgan fingerprint density at radius 2 is 1.95 bits per heavy atom. The van der Waals surface area contributed by atoms with Crippen molar-refractivity contribution in [3.05, 3.63) is 35.0 Å². The van der Waals surface area contributed by atoms with Gasteiger partial charge in [-0.3, -0.25) is 0 Å². The molecule has 1 heterocycles. The third-order valence-electron chi connectivity index (χ3n) is 5.41. The van der Waals surface area contributed by atoms with Crippen molar-refractivity contribution in [1.29, 1.82) is 0 Å². The zero-order valence-electron chi connectivity index (χ0n) is 11.5. The number of nitrogens with one attached hydrogen (secondary N) is 1. The number of hydrogen-bond acceptors (Lipinski definition) is 1. The zero-order valence-corrected chi connectivity index (χ0v) is 11.5. The number of H-pyrrole nitrogens is 1. The average molecular weight is 254 g/mol. The molecular weight excluding hydrogens is 232 g/mol. The number of aromatic amines is 1. The molecule has 1 saturated carbocycles. The number of fused-ring (bicyclic) bond motifs is 3. The van der Waals surface area contributed by atoms with Gasteiger partial charge in [-0.25, -0.2) is 0 Å². The standard InChI is InChI=1S/C17H22N2/c18-11-17(8-3-9-17)12-6-7-16-14(10-12)13-4-1-2-5-15(13)19-16/h6-7,10,19H,1-5,8-9,11,18H2. The summed E-state index contributed by atoms with van der Waals surface area (Å²) in [7, 11) is 0. The van der Waals surface area contributed by atoms with E-state index in [1.807, 2.05) is 0 Å². The van der Waals surface area contributed by atoms with E-state index in [1.165, 1.54) is 67.1 Å². The maximum atomic E-state index is 6.05. The first-order chi connectivity index (χ1) is 9.32. The summed E-state index contributed by atoms with van der Waals surface area (Å²) in [5.74, 6) is 0. The van der Waals surface area contributed by atoms with Crippen molar-refractivity contribution in [2.45, 2.75) is 50.4 Å². The molecule has 0 amide bonds. The van der Waals surface area contributed by atoms with Crippen LogP contribution in [0.15, 0.2) is 18.2 Å². The molecule has 0 atom stereocenters. The maximum absolute atomic E-state index is 6.05. The van der Waals surface area contributed by atoms with Gasteiger partial charge in [0.05, 0.1) is 0 Å². The van der Waals surface area contributed by atoms with E-state index in [9.17, 15) is 0 Å². The Kier molecular flexibility index (Phi) is 2.49. The van der Waals surface area contributed by atoms with Gasteiger partial charge in [0.25, 0.3) is 0 Å². The third kappa shape index (κ3) is 1.59. The second-order valence-electron chi connectivity index (χ2n) is 6.39. The molecule has 2 nitrogen and oxygen atoms in total. The minimum absolute atomic E-state index is 0.285. The molecule has 100 valence electrons. The topological polar surface area (TPSA) is 41.8 Å². The molecule has 4 rings (SSSR count). The summed E-state index contributed by atoms with van der Waals surface area (Å²) >= 11 is 0. The van der Waals surface area contributed by atoms with E-state index >= 15 is 0 Å². The van der Waals surface area contributed by atoms with Crippen molar-refractivity contribution in [3.8, 4) is 0 Å². The molecule has 1 aromatic heterocycles. The third-order valence-corrected chi connectivity index (χ3v) is 5.41. The van der Waals surface area contributed by atoms with E-state index < -0.39 is 0 Å². The molecular formula is C17H22N2. The van der Waals surface area contributed by atoms with E-state index in [1.54, 1.807) is 5.56 Å². The molecule has 0 aliphatic heterocycles. The Morgan fingerprint density at radius 3 is 2.68 bits per heavy atom. The van der Waals surface area contributed by atoms with Gasteiger partial charge in [0.2, 0.25) is 0 Å². The summed E-state index contributed by atoms with van der Waals surface area (Å²) in [5, 5.41) is 1.46. The highest BCUT2D eigenvalue weighted by Crippen LogP contribution is 2.44. The van der Waals surface area contributed by atoms with Gasteiger partial charge in [-0.1, -0.05) is 12.5 Å². The minimum Gasteiger partial charge on any atom is -0.358 e. The Morgan fingerprint density at radius 1 is 1.11 bits per heavy atom.